The molecule has 1 saturated heterocycles. The summed E-state index contributed by atoms with van der Waals surface area (Å²) >= 11 is 0. The predicted molar refractivity (Wildman–Crippen MR) is 100 cm³/mol. The minimum Gasteiger partial charge on any atom is -0.357 e. The van der Waals surface area contributed by atoms with Crippen LogP contribution in [0.1, 0.15) is 50.3 Å². The summed E-state index contributed by atoms with van der Waals surface area (Å²) < 4.78 is 41.7. The van der Waals surface area contributed by atoms with E-state index in [1.54, 1.807) is 0 Å². The second kappa shape index (κ2) is 7.54. The Morgan fingerprint density at radius 3 is 2.43 bits per heavy atom. The molecule has 1 aromatic heterocycles. The van der Waals surface area contributed by atoms with Crippen LogP contribution in [-0.4, -0.2) is 42.1 Å². The largest absolute Gasteiger partial charge is 0.416 e. The van der Waals surface area contributed by atoms with Crippen molar-refractivity contribution in [2.45, 2.75) is 51.7 Å². The summed E-state index contributed by atoms with van der Waals surface area (Å²) in [6.45, 7) is 6.23. The fourth-order valence-electron chi connectivity index (χ4n) is 4.09. The first-order chi connectivity index (χ1) is 13.0. The van der Waals surface area contributed by atoms with Crippen LogP contribution in [0.5, 0.6) is 0 Å². The van der Waals surface area contributed by atoms with Crippen molar-refractivity contribution < 1.29 is 18.0 Å². The van der Waals surface area contributed by atoms with Crippen molar-refractivity contribution in [1.29, 1.82) is 0 Å². The van der Waals surface area contributed by atoms with Crippen LogP contribution in [0.3, 0.4) is 0 Å². The Morgan fingerprint density at radius 2 is 1.93 bits per heavy atom. The molecular weight excluding hydrogens is 371 g/mol. The van der Waals surface area contributed by atoms with Gasteiger partial charge in [0.25, 0.3) is 5.56 Å². The number of amides is 1. The van der Waals surface area contributed by atoms with Crippen molar-refractivity contribution in [1.82, 2.24) is 14.8 Å². The number of nitrogens with one attached hydrogen (secondary N) is 1. The minimum atomic E-state index is -4.60. The summed E-state index contributed by atoms with van der Waals surface area (Å²) in [5, 5.41) is 2.52. The normalized spacial score (nSPS) is 19.5. The minimum absolute atomic E-state index is 0.0708. The quantitative estimate of drug-likeness (QED) is 0.767. The van der Waals surface area contributed by atoms with Gasteiger partial charge >= 0.3 is 6.18 Å². The Bertz CT molecular complexity index is 789. The van der Waals surface area contributed by atoms with Gasteiger partial charge in [-0.25, -0.2) is 0 Å². The number of carbonyl (C=O) groups is 1. The van der Waals surface area contributed by atoms with Gasteiger partial charge in [-0.3, -0.25) is 9.59 Å². The van der Waals surface area contributed by atoms with Crippen LogP contribution < -0.4 is 10.9 Å². The van der Waals surface area contributed by atoms with Crippen LogP contribution in [0.15, 0.2) is 17.1 Å². The number of hydrogen-bond donors (Lipinski definition) is 1. The van der Waals surface area contributed by atoms with Gasteiger partial charge in [-0.15, -0.1) is 0 Å². The first-order valence-corrected chi connectivity index (χ1v) is 9.81. The Balaban J connectivity index is 1.89. The van der Waals surface area contributed by atoms with E-state index < -0.39 is 23.3 Å². The topological polar surface area (TPSA) is 54.3 Å². The summed E-state index contributed by atoms with van der Waals surface area (Å²) in [7, 11) is 1.46. The van der Waals surface area contributed by atoms with Crippen molar-refractivity contribution in [2.75, 3.05) is 26.7 Å². The van der Waals surface area contributed by atoms with Crippen LogP contribution in [0.2, 0.25) is 0 Å². The first kappa shape index (κ1) is 20.9. The molecule has 3 rings (SSSR count). The van der Waals surface area contributed by atoms with Gasteiger partial charge < -0.3 is 14.8 Å². The molecule has 1 unspecified atom stereocenters. The van der Waals surface area contributed by atoms with Crippen LogP contribution in [0.4, 0.5) is 13.2 Å². The van der Waals surface area contributed by atoms with Gasteiger partial charge in [0.2, 0.25) is 5.91 Å². The van der Waals surface area contributed by atoms with E-state index >= 15 is 0 Å². The molecule has 1 saturated carbocycles. The number of alkyl halides is 3. The molecule has 0 aromatic carbocycles. The predicted octanol–water partition coefficient (Wildman–Crippen LogP) is 2.84. The number of likely N-dealkylation sites (tertiary alicyclic amines) is 1. The molecule has 1 amide bonds. The van der Waals surface area contributed by atoms with E-state index in [1.165, 1.54) is 30.7 Å². The van der Waals surface area contributed by atoms with Gasteiger partial charge in [0.15, 0.2) is 0 Å². The lowest BCUT2D eigenvalue weighted by molar-refractivity contribution is -0.138. The molecule has 2 heterocycles. The van der Waals surface area contributed by atoms with Crippen molar-refractivity contribution in [3.8, 4) is 0 Å². The van der Waals surface area contributed by atoms with Gasteiger partial charge in [-0.2, -0.15) is 13.2 Å². The maximum atomic E-state index is 13.5. The molecule has 8 heteroatoms. The van der Waals surface area contributed by atoms with Crippen LogP contribution in [0.25, 0.3) is 0 Å². The van der Waals surface area contributed by atoms with E-state index in [9.17, 15) is 22.8 Å². The third kappa shape index (κ3) is 4.42. The zero-order valence-electron chi connectivity index (χ0n) is 16.6. The highest BCUT2D eigenvalue weighted by atomic mass is 19.4. The van der Waals surface area contributed by atoms with Crippen LogP contribution in [0, 0.1) is 11.3 Å². The van der Waals surface area contributed by atoms with Crippen molar-refractivity contribution >= 4 is 5.91 Å². The number of rotatable bonds is 7. The lowest BCUT2D eigenvalue weighted by atomic mass is 9.95. The zero-order valence-corrected chi connectivity index (χ0v) is 16.6. The lowest BCUT2D eigenvalue weighted by Crippen LogP contribution is -2.49. The van der Waals surface area contributed by atoms with E-state index in [0.717, 1.165) is 13.1 Å². The average molecular weight is 399 g/mol. The third-order valence-corrected chi connectivity index (χ3v) is 5.82. The molecule has 1 aromatic rings. The number of likely N-dealkylation sites (N-methyl/N-ethyl adjacent to an activating group) is 1. The van der Waals surface area contributed by atoms with Gasteiger partial charge in [-0.05, 0) is 42.6 Å². The van der Waals surface area contributed by atoms with E-state index in [2.05, 4.69) is 10.2 Å². The van der Waals surface area contributed by atoms with Crippen molar-refractivity contribution in [3.05, 3.63) is 33.7 Å². The number of hydrogen-bond acceptors (Lipinski definition) is 3. The van der Waals surface area contributed by atoms with Gasteiger partial charge in [0, 0.05) is 38.9 Å². The number of nitrogens with zero attached hydrogens (tertiary/aromatic N) is 2. The smallest absolute Gasteiger partial charge is 0.357 e. The molecule has 2 fully saturated rings. The Kier molecular flexibility index (Phi) is 5.62. The molecule has 0 radical (unpaired) electrons. The zero-order chi connectivity index (χ0) is 20.7. The van der Waals surface area contributed by atoms with Gasteiger partial charge in [-0.1, -0.05) is 13.8 Å². The first-order valence-electron chi connectivity index (χ1n) is 9.81. The standard InChI is InChI=1S/C20H28F3N3O2/c1-13(2)8-16(18(28)24-3)26-10-14(15(9-17(26)27)20(21,22)23)4-7-25-11-19(12-25)5-6-19/h9-10,13,16H,4-8,11-12H2,1-3H3,(H,24,28). The molecule has 28 heavy (non-hydrogen) atoms. The van der Waals surface area contributed by atoms with Crippen LogP contribution >= 0.6 is 0 Å². The maximum Gasteiger partial charge on any atom is 0.416 e. The van der Waals surface area contributed by atoms with Gasteiger partial charge in [0.05, 0.1) is 5.56 Å². The molecule has 2 aliphatic rings. The van der Waals surface area contributed by atoms with E-state index in [4.69, 9.17) is 0 Å². The van der Waals surface area contributed by atoms with E-state index in [1.807, 2.05) is 13.8 Å². The monoisotopic (exact) mass is 399 g/mol. The summed E-state index contributed by atoms with van der Waals surface area (Å²) in [4.78, 5) is 26.9. The Hall–Kier alpha value is -1.83. The van der Waals surface area contributed by atoms with Gasteiger partial charge in [0.1, 0.15) is 6.04 Å². The second-order valence-electron chi connectivity index (χ2n) is 8.68. The fourth-order valence-corrected chi connectivity index (χ4v) is 4.09. The number of aromatic nitrogens is 1. The fraction of sp³-hybridized carbons (Fsp3) is 0.700. The number of halogens is 3. The summed E-state index contributed by atoms with van der Waals surface area (Å²) in [6, 6.07) is -0.179. The summed E-state index contributed by atoms with van der Waals surface area (Å²) in [5.74, 6) is -0.268. The highest BCUT2D eigenvalue weighted by molar-refractivity contribution is 5.80. The molecular formula is C20H28F3N3O2. The molecule has 0 bridgehead atoms. The summed E-state index contributed by atoms with van der Waals surface area (Å²) in [5.41, 5.74) is -1.18. The van der Waals surface area contributed by atoms with Crippen LogP contribution in [-0.2, 0) is 17.4 Å². The van der Waals surface area contributed by atoms with Crippen molar-refractivity contribution in [2.24, 2.45) is 11.3 Å². The number of pyridine rings is 1. The highest BCUT2D eigenvalue weighted by Gasteiger charge is 2.51. The Morgan fingerprint density at radius 1 is 1.29 bits per heavy atom. The van der Waals surface area contributed by atoms with E-state index in [-0.39, 0.29) is 23.8 Å². The summed E-state index contributed by atoms with van der Waals surface area (Å²) in [6.07, 6.45) is -0.344. The molecule has 1 N–H and O–H groups in total. The maximum absolute atomic E-state index is 13.5. The molecule has 1 spiro atoms. The average Bonchev–Trinajstić information content (AvgIpc) is 3.37. The molecule has 1 atom stereocenters. The number of carbonyl (C=O) groups excluding carboxylic acids is 1. The SMILES string of the molecule is CNC(=O)C(CC(C)C)n1cc(CCN2CC3(CC3)C2)c(C(F)(F)F)cc1=O. The molecule has 1 aliphatic heterocycles. The second-order valence-corrected chi connectivity index (χ2v) is 8.68. The Labute approximate surface area is 162 Å². The molecule has 156 valence electrons. The lowest BCUT2D eigenvalue weighted by Gasteiger charge is -2.40. The van der Waals surface area contributed by atoms with E-state index in [0.29, 0.717) is 24.4 Å². The third-order valence-electron chi connectivity index (χ3n) is 5.82. The van der Waals surface area contributed by atoms with Crippen molar-refractivity contribution in [3.63, 3.8) is 0 Å². The molecule has 1 aliphatic carbocycles. The highest BCUT2D eigenvalue weighted by Crippen LogP contribution is 2.52. The molecule has 5 nitrogen and oxygen atoms in total.